The van der Waals surface area contributed by atoms with Gasteiger partial charge in [0.05, 0.1) is 17.9 Å². The molecule has 0 aliphatic rings. The van der Waals surface area contributed by atoms with Gasteiger partial charge in [0.25, 0.3) is 0 Å². The molecule has 0 atom stereocenters. The zero-order valence-corrected chi connectivity index (χ0v) is 12.3. The highest BCUT2D eigenvalue weighted by Crippen LogP contribution is 2.32. The van der Waals surface area contributed by atoms with Gasteiger partial charge in [0.15, 0.2) is 5.69 Å². The normalized spacial score (nSPS) is 10.3. The van der Waals surface area contributed by atoms with Crippen molar-refractivity contribution in [1.82, 2.24) is 4.98 Å². The van der Waals surface area contributed by atoms with Crippen LogP contribution in [0.15, 0.2) is 28.5 Å². The van der Waals surface area contributed by atoms with Crippen molar-refractivity contribution in [2.45, 2.75) is 11.1 Å². The third-order valence-corrected chi connectivity index (χ3v) is 3.79. The third kappa shape index (κ3) is 3.08. The van der Waals surface area contributed by atoms with Crippen molar-refractivity contribution in [3.8, 4) is 16.3 Å². The summed E-state index contributed by atoms with van der Waals surface area (Å²) in [6, 6.07) is 7.49. The van der Waals surface area contributed by atoms with Crippen LogP contribution >= 0.6 is 24.0 Å². The lowest BCUT2D eigenvalue weighted by Crippen LogP contribution is -2.05. The molecule has 0 fully saturated rings. The van der Waals surface area contributed by atoms with E-state index in [1.807, 2.05) is 24.3 Å². The Labute approximate surface area is 120 Å². The Morgan fingerprint density at radius 1 is 1.47 bits per heavy atom. The minimum Gasteiger partial charge on any atom is -0.497 e. The predicted molar refractivity (Wildman–Crippen MR) is 77.3 cm³/mol. The summed E-state index contributed by atoms with van der Waals surface area (Å²) < 4.78 is 10.7. The minimum atomic E-state index is -0.446. The molecule has 0 radical (unpaired) electrons. The van der Waals surface area contributed by atoms with E-state index in [0.29, 0.717) is 15.8 Å². The maximum absolute atomic E-state index is 11.7. The molecule has 4 nitrogen and oxygen atoms in total. The molecule has 100 valence electrons. The summed E-state index contributed by atoms with van der Waals surface area (Å²) in [6.45, 7) is 2.07. The molecule has 0 saturated heterocycles. The first kappa shape index (κ1) is 13.9. The lowest BCUT2D eigenvalue weighted by atomic mass is 10.2. The number of benzene rings is 1. The second kappa shape index (κ2) is 6.08. The average molecular weight is 295 g/mol. The van der Waals surface area contributed by atoms with E-state index in [9.17, 15) is 4.79 Å². The lowest BCUT2D eigenvalue weighted by molar-refractivity contribution is 0.0516. The van der Waals surface area contributed by atoms with Gasteiger partial charge >= 0.3 is 5.97 Å². The number of hydrogen-bond acceptors (Lipinski definition) is 6. The zero-order valence-electron chi connectivity index (χ0n) is 10.5. The van der Waals surface area contributed by atoms with E-state index in [1.54, 1.807) is 14.0 Å². The van der Waals surface area contributed by atoms with Gasteiger partial charge < -0.3 is 9.47 Å². The van der Waals surface area contributed by atoms with Crippen molar-refractivity contribution in [2.24, 2.45) is 0 Å². The quantitative estimate of drug-likeness (QED) is 0.694. The first-order valence-electron chi connectivity index (χ1n) is 5.67. The van der Waals surface area contributed by atoms with Gasteiger partial charge in [-0.05, 0) is 19.1 Å². The number of hydrogen-bond donors (Lipinski definition) is 1. The Morgan fingerprint density at radius 3 is 2.95 bits per heavy atom. The number of methoxy groups -OCH3 is 1. The van der Waals surface area contributed by atoms with E-state index in [4.69, 9.17) is 9.47 Å². The van der Waals surface area contributed by atoms with Crippen LogP contribution in [0.25, 0.3) is 10.6 Å². The number of nitrogens with zero attached hydrogens (tertiary/aromatic N) is 1. The molecular formula is C13H13NO3S2. The SMILES string of the molecule is CCOC(=O)c1nc(-c2cccc(OC)c2)sc1S. The summed E-state index contributed by atoms with van der Waals surface area (Å²) in [5, 5.41) is 0.715. The molecule has 1 aromatic carbocycles. The largest absolute Gasteiger partial charge is 0.497 e. The minimum absolute atomic E-state index is 0.257. The van der Waals surface area contributed by atoms with Crippen LogP contribution in [0.1, 0.15) is 17.4 Å². The molecule has 1 aromatic heterocycles. The maximum Gasteiger partial charge on any atom is 0.359 e. The van der Waals surface area contributed by atoms with E-state index in [2.05, 4.69) is 17.6 Å². The molecule has 1 heterocycles. The molecule has 0 aliphatic heterocycles. The van der Waals surface area contributed by atoms with Crippen LogP contribution in [-0.2, 0) is 4.74 Å². The van der Waals surface area contributed by atoms with Gasteiger partial charge in [-0.1, -0.05) is 12.1 Å². The van der Waals surface area contributed by atoms with Gasteiger partial charge in [0, 0.05) is 5.56 Å². The summed E-state index contributed by atoms with van der Waals surface area (Å²) in [7, 11) is 1.61. The molecule has 6 heteroatoms. The first-order chi connectivity index (χ1) is 9.15. The fraction of sp³-hybridized carbons (Fsp3) is 0.231. The maximum atomic E-state index is 11.7. The topological polar surface area (TPSA) is 48.4 Å². The van der Waals surface area contributed by atoms with Crippen molar-refractivity contribution in [1.29, 1.82) is 0 Å². The lowest BCUT2D eigenvalue weighted by Gasteiger charge is -2.01. The number of carbonyl (C=O) groups excluding carboxylic acids is 1. The highest BCUT2D eigenvalue weighted by molar-refractivity contribution is 7.83. The molecular weight excluding hydrogens is 282 g/mol. The van der Waals surface area contributed by atoms with Gasteiger partial charge in [-0.2, -0.15) is 0 Å². The van der Waals surface area contributed by atoms with Crippen LogP contribution < -0.4 is 4.74 Å². The summed E-state index contributed by atoms with van der Waals surface area (Å²) in [5.41, 5.74) is 1.14. The number of thiazole rings is 1. The van der Waals surface area contributed by atoms with Crippen LogP contribution in [-0.4, -0.2) is 24.7 Å². The molecule has 2 rings (SSSR count). The Morgan fingerprint density at radius 2 is 2.26 bits per heavy atom. The second-order valence-corrected chi connectivity index (χ2v) is 5.37. The van der Waals surface area contributed by atoms with Crippen LogP contribution in [0.4, 0.5) is 0 Å². The van der Waals surface area contributed by atoms with E-state index >= 15 is 0 Å². The standard InChI is InChI=1S/C13H13NO3S2/c1-3-17-12(15)10-13(18)19-11(14-10)8-5-4-6-9(7-8)16-2/h4-7,18H,3H2,1-2H3. The van der Waals surface area contributed by atoms with E-state index in [1.165, 1.54) is 11.3 Å². The van der Waals surface area contributed by atoms with Crippen LogP contribution in [0, 0.1) is 0 Å². The van der Waals surface area contributed by atoms with Gasteiger partial charge in [0.2, 0.25) is 0 Å². The number of thiol groups is 1. The predicted octanol–water partition coefficient (Wildman–Crippen LogP) is 3.28. The van der Waals surface area contributed by atoms with Crippen LogP contribution in [0.2, 0.25) is 0 Å². The van der Waals surface area contributed by atoms with Gasteiger partial charge in [-0.3, -0.25) is 0 Å². The van der Waals surface area contributed by atoms with Crippen molar-refractivity contribution in [3.63, 3.8) is 0 Å². The molecule has 0 N–H and O–H groups in total. The Bertz CT molecular complexity index is 595. The number of rotatable bonds is 4. The molecule has 0 aliphatic carbocycles. The Hall–Kier alpha value is -1.53. The highest BCUT2D eigenvalue weighted by Gasteiger charge is 2.18. The highest BCUT2D eigenvalue weighted by atomic mass is 32.2. The fourth-order valence-corrected chi connectivity index (χ4v) is 2.72. The third-order valence-electron chi connectivity index (χ3n) is 2.39. The molecule has 0 spiro atoms. The van der Waals surface area contributed by atoms with Gasteiger partial charge in [-0.15, -0.1) is 24.0 Å². The Balaban J connectivity index is 2.36. The van der Waals surface area contributed by atoms with Gasteiger partial charge in [-0.25, -0.2) is 9.78 Å². The molecule has 0 amide bonds. The summed E-state index contributed by atoms with van der Waals surface area (Å²) in [6.07, 6.45) is 0. The van der Waals surface area contributed by atoms with Crippen molar-refractivity contribution in [2.75, 3.05) is 13.7 Å². The smallest absolute Gasteiger partial charge is 0.359 e. The van der Waals surface area contributed by atoms with Gasteiger partial charge in [0.1, 0.15) is 10.8 Å². The second-order valence-electron chi connectivity index (χ2n) is 3.63. The summed E-state index contributed by atoms with van der Waals surface area (Å²) >= 11 is 5.61. The fourth-order valence-electron chi connectivity index (χ4n) is 1.52. The number of esters is 1. The number of aromatic nitrogens is 1. The van der Waals surface area contributed by atoms with E-state index in [0.717, 1.165) is 11.3 Å². The molecule has 0 bridgehead atoms. The first-order valence-corrected chi connectivity index (χ1v) is 6.93. The molecule has 19 heavy (non-hydrogen) atoms. The summed E-state index contributed by atoms with van der Waals surface area (Å²) in [4.78, 5) is 16.0. The summed E-state index contributed by atoms with van der Waals surface area (Å²) in [5.74, 6) is 0.295. The monoisotopic (exact) mass is 295 g/mol. The van der Waals surface area contributed by atoms with E-state index < -0.39 is 5.97 Å². The molecule has 2 aromatic rings. The van der Waals surface area contributed by atoms with Crippen molar-refractivity contribution < 1.29 is 14.3 Å². The van der Waals surface area contributed by atoms with Crippen molar-refractivity contribution in [3.05, 3.63) is 30.0 Å². The zero-order chi connectivity index (χ0) is 13.8. The van der Waals surface area contributed by atoms with Crippen LogP contribution in [0.5, 0.6) is 5.75 Å². The number of carbonyl (C=O) groups is 1. The molecule has 0 saturated carbocycles. The van der Waals surface area contributed by atoms with Crippen molar-refractivity contribution >= 4 is 29.9 Å². The van der Waals surface area contributed by atoms with E-state index in [-0.39, 0.29) is 5.69 Å². The molecule has 0 unspecified atom stereocenters. The average Bonchev–Trinajstić information content (AvgIpc) is 2.81. The number of ether oxygens (including phenoxy) is 2. The Kier molecular flexibility index (Phi) is 4.44. The van der Waals surface area contributed by atoms with Crippen LogP contribution in [0.3, 0.4) is 0 Å².